The molecule has 0 spiro atoms. The maximum Gasteiger partial charge on any atom is 0.165 e. The summed E-state index contributed by atoms with van der Waals surface area (Å²) in [6, 6.07) is 54.0. The molecule has 0 bridgehead atoms. The van der Waals surface area contributed by atoms with Crippen molar-refractivity contribution in [2.45, 2.75) is 0 Å². The van der Waals surface area contributed by atoms with Crippen molar-refractivity contribution in [3.05, 3.63) is 152 Å². The van der Waals surface area contributed by atoms with E-state index in [9.17, 15) is 0 Å². The van der Waals surface area contributed by atoms with Crippen molar-refractivity contribution >= 4 is 75.1 Å². The van der Waals surface area contributed by atoms with E-state index in [0.717, 1.165) is 39.1 Å². The molecule has 0 aliphatic rings. The predicted octanol–water partition coefficient (Wildman–Crippen LogP) is 11.6. The van der Waals surface area contributed by atoms with Crippen molar-refractivity contribution in [1.82, 2.24) is 14.5 Å². The summed E-state index contributed by atoms with van der Waals surface area (Å²) in [5.41, 5.74) is 8.28. The van der Waals surface area contributed by atoms with Crippen LogP contribution in [-0.4, -0.2) is 14.5 Å². The van der Waals surface area contributed by atoms with E-state index in [-0.39, 0.29) is 0 Å². The van der Waals surface area contributed by atoms with Crippen LogP contribution < -0.4 is 0 Å². The zero-order chi connectivity index (χ0) is 30.2. The number of hydrogen-bond acceptors (Lipinski definition) is 3. The molecule has 10 aromatic rings. The number of benzene rings is 7. The molecule has 214 valence electrons. The normalized spacial score (nSPS) is 11.9. The molecule has 0 fully saturated rings. The largest absolute Gasteiger partial charge is 0.292 e. The van der Waals surface area contributed by atoms with Gasteiger partial charge in [-0.25, -0.2) is 9.97 Å². The van der Waals surface area contributed by atoms with Gasteiger partial charge in [0.1, 0.15) is 5.69 Å². The highest BCUT2D eigenvalue weighted by molar-refractivity contribution is 7.26. The van der Waals surface area contributed by atoms with Gasteiger partial charge in [0.2, 0.25) is 0 Å². The molecule has 7 aromatic carbocycles. The Morgan fingerprint density at radius 1 is 0.435 bits per heavy atom. The van der Waals surface area contributed by atoms with Crippen LogP contribution in [0.15, 0.2) is 152 Å². The Hall–Kier alpha value is -5.84. The second-order valence-corrected chi connectivity index (χ2v) is 12.9. The van der Waals surface area contributed by atoms with Crippen molar-refractivity contribution in [1.29, 1.82) is 0 Å². The predicted molar refractivity (Wildman–Crippen MR) is 195 cm³/mol. The molecule has 3 nitrogen and oxygen atoms in total. The number of fused-ring (bicyclic) bond motifs is 9. The highest BCUT2D eigenvalue weighted by Gasteiger charge is 2.21. The van der Waals surface area contributed by atoms with Gasteiger partial charge in [0.05, 0.1) is 22.1 Å². The lowest BCUT2D eigenvalue weighted by atomic mass is 10.0. The molecule has 10 rings (SSSR count). The minimum atomic E-state index is 0.835. The molecule has 0 radical (unpaired) electrons. The number of hydrogen-bond donors (Lipinski definition) is 0. The van der Waals surface area contributed by atoms with Crippen LogP contribution in [0.2, 0.25) is 0 Å². The van der Waals surface area contributed by atoms with Gasteiger partial charge >= 0.3 is 0 Å². The van der Waals surface area contributed by atoms with E-state index in [2.05, 4.69) is 138 Å². The van der Waals surface area contributed by atoms with E-state index < -0.39 is 0 Å². The highest BCUT2D eigenvalue weighted by atomic mass is 32.1. The minimum absolute atomic E-state index is 0.835. The molecular formula is C42H25N3S. The Kier molecular flexibility index (Phi) is 5.45. The summed E-state index contributed by atoms with van der Waals surface area (Å²) >= 11 is 1.88. The first-order chi connectivity index (χ1) is 22.8. The average molecular weight is 604 g/mol. The summed E-state index contributed by atoms with van der Waals surface area (Å²) in [5.74, 6) is 0.835. The molecule has 0 amide bonds. The van der Waals surface area contributed by atoms with Crippen LogP contribution in [0.5, 0.6) is 0 Å². The van der Waals surface area contributed by atoms with E-state index in [0.29, 0.717) is 0 Å². The van der Waals surface area contributed by atoms with Crippen LogP contribution in [0.1, 0.15) is 0 Å². The molecule has 0 unspecified atom stereocenters. The molecule has 3 aromatic heterocycles. The first kappa shape index (κ1) is 25.5. The fourth-order valence-corrected chi connectivity index (χ4v) is 8.24. The van der Waals surface area contributed by atoms with Crippen LogP contribution in [-0.2, 0) is 0 Å². The van der Waals surface area contributed by atoms with Gasteiger partial charge in [-0.3, -0.25) is 4.57 Å². The summed E-state index contributed by atoms with van der Waals surface area (Å²) in [7, 11) is 0. The van der Waals surface area contributed by atoms with Gasteiger partial charge in [-0.05, 0) is 52.2 Å². The maximum absolute atomic E-state index is 5.35. The average Bonchev–Trinajstić information content (AvgIpc) is 3.65. The fourth-order valence-electron chi connectivity index (χ4n) is 6.98. The Labute approximate surface area is 268 Å². The fraction of sp³-hybridized carbons (Fsp3) is 0. The van der Waals surface area contributed by atoms with Gasteiger partial charge in [0, 0.05) is 36.5 Å². The van der Waals surface area contributed by atoms with E-state index in [1.165, 1.54) is 52.8 Å². The lowest BCUT2D eigenvalue weighted by Gasteiger charge is -2.14. The lowest BCUT2D eigenvalue weighted by Crippen LogP contribution is -2.03. The van der Waals surface area contributed by atoms with Crippen LogP contribution in [0.3, 0.4) is 0 Å². The van der Waals surface area contributed by atoms with Crippen molar-refractivity contribution < 1.29 is 0 Å². The quantitative estimate of drug-likeness (QED) is 0.201. The Balaban J connectivity index is 1.28. The van der Waals surface area contributed by atoms with E-state index in [1.54, 1.807) is 0 Å². The SMILES string of the molecule is c1ccc(-c2ccc(-c3nc4ccccc4nc3-n3c4ccccc4c4cc5sc6c7ccccc7ccc6c5cc43)cc2)cc1. The Bertz CT molecular complexity index is 2790. The van der Waals surface area contributed by atoms with Gasteiger partial charge in [0.25, 0.3) is 0 Å². The molecule has 4 heteroatoms. The topological polar surface area (TPSA) is 30.7 Å². The molecule has 0 saturated heterocycles. The smallest absolute Gasteiger partial charge is 0.165 e. The third-order valence-corrected chi connectivity index (χ3v) is 10.4. The summed E-state index contributed by atoms with van der Waals surface area (Å²) in [4.78, 5) is 10.6. The molecule has 0 saturated carbocycles. The van der Waals surface area contributed by atoms with Gasteiger partial charge in [-0.1, -0.05) is 121 Å². The van der Waals surface area contributed by atoms with Crippen LogP contribution >= 0.6 is 11.3 Å². The van der Waals surface area contributed by atoms with Crippen molar-refractivity contribution in [3.63, 3.8) is 0 Å². The van der Waals surface area contributed by atoms with Gasteiger partial charge < -0.3 is 0 Å². The van der Waals surface area contributed by atoms with Crippen LogP contribution in [0.4, 0.5) is 0 Å². The number of para-hydroxylation sites is 3. The van der Waals surface area contributed by atoms with Gasteiger partial charge in [-0.2, -0.15) is 0 Å². The van der Waals surface area contributed by atoms with Gasteiger partial charge in [0.15, 0.2) is 5.82 Å². The number of rotatable bonds is 3. The van der Waals surface area contributed by atoms with Crippen molar-refractivity contribution in [2.24, 2.45) is 0 Å². The molecule has 0 atom stereocenters. The van der Waals surface area contributed by atoms with E-state index in [1.807, 2.05) is 29.5 Å². The molecule has 0 N–H and O–H groups in total. The Morgan fingerprint density at radius 2 is 1.11 bits per heavy atom. The standard InChI is InChI=1S/C42H25N3S/c1-2-10-26(11-3-1)27-18-20-29(21-19-27)40-42(44-36-16-8-7-15-35(36)43-40)45-37-17-9-6-14-31(37)33-25-39-34(24-38(33)45)32-23-22-28-12-4-5-13-30(28)41(32)46-39/h1-25H. The van der Waals surface area contributed by atoms with E-state index >= 15 is 0 Å². The second-order valence-electron chi connectivity index (χ2n) is 11.8. The minimum Gasteiger partial charge on any atom is -0.292 e. The van der Waals surface area contributed by atoms with E-state index in [4.69, 9.17) is 9.97 Å². The third-order valence-electron chi connectivity index (χ3n) is 9.19. The van der Waals surface area contributed by atoms with Crippen LogP contribution in [0.25, 0.3) is 92.0 Å². The zero-order valence-electron chi connectivity index (χ0n) is 24.7. The van der Waals surface area contributed by atoms with Crippen molar-refractivity contribution in [3.8, 4) is 28.2 Å². The highest BCUT2D eigenvalue weighted by Crippen LogP contribution is 2.43. The first-order valence-corrected chi connectivity index (χ1v) is 16.3. The molecular weight excluding hydrogens is 579 g/mol. The summed E-state index contributed by atoms with van der Waals surface area (Å²) < 4.78 is 4.96. The Morgan fingerprint density at radius 3 is 1.96 bits per heavy atom. The molecule has 3 heterocycles. The summed E-state index contributed by atoms with van der Waals surface area (Å²) in [6.45, 7) is 0. The monoisotopic (exact) mass is 603 g/mol. The summed E-state index contributed by atoms with van der Waals surface area (Å²) in [6.07, 6.45) is 0. The number of nitrogens with zero attached hydrogens (tertiary/aromatic N) is 3. The van der Waals surface area contributed by atoms with Gasteiger partial charge in [-0.15, -0.1) is 11.3 Å². The van der Waals surface area contributed by atoms with Crippen LogP contribution in [0, 0.1) is 0 Å². The second kappa shape index (κ2) is 9.83. The first-order valence-electron chi connectivity index (χ1n) is 15.5. The summed E-state index contributed by atoms with van der Waals surface area (Å²) in [5, 5.41) is 7.57. The molecule has 46 heavy (non-hydrogen) atoms. The number of thiophene rings is 1. The van der Waals surface area contributed by atoms with Crippen molar-refractivity contribution in [2.75, 3.05) is 0 Å². The maximum atomic E-state index is 5.35. The zero-order valence-corrected chi connectivity index (χ0v) is 25.5. The lowest BCUT2D eigenvalue weighted by molar-refractivity contribution is 1.08. The molecule has 0 aliphatic heterocycles. The molecule has 0 aliphatic carbocycles. The number of aromatic nitrogens is 3. The third kappa shape index (κ3) is 3.77.